The lowest BCUT2D eigenvalue weighted by Crippen LogP contribution is -2.26. The highest BCUT2D eigenvalue weighted by Crippen LogP contribution is 2.24. The predicted molar refractivity (Wildman–Crippen MR) is 84.9 cm³/mol. The van der Waals surface area contributed by atoms with Gasteiger partial charge in [-0.2, -0.15) is 4.31 Å². The van der Waals surface area contributed by atoms with Crippen molar-refractivity contribution in [3.63, 3.8) is 0 Å². The number of benzene rings is 1. The van der Waals surface area contributed by atoms with E-state index in [0.717, 1.165) is 21.3 Å². The molecule has 0 unspecified atom stereocenters. The summed E-state index contributed by atoms with van der Waals surface area (Å²) in [6, 6.07) is 8.47. The van der Waals surface area contributed by atoms with Crippen LogP contribution in [-0.2, 0) is 16.6 Å². The Labute approximate surface area is 137 Å². The van der Waals surface area contributed by atoms with Crippen molar-refractivity contribution in [1.29, 1.82) is 0 Å². The van der Waals surface area contributed by atoms with E-state index in [-0.39, 0.29) is 11.4 Å². The molecule has 0 saturated heterocycles. The normalized spacial score (nSPS) is 12.0. The van der Waals surface area contributed by atoms with Crippen LogP contribution >= 0.6 is 11.3 Å². The summed E-state index contributed by atoms with van der Waals surface area (Å²) in [4.78, 5) is 5.20. The lowest BCUT2D eigenvalue weighted by molar-refractivity contribution is 0.460. The zero-order valence-corrected chi connectivity index (χ0v) is 13.8. The summed E-state index contributed by atoms with van der Waals surface area (Å²) in [6.45, 7) is 0.0641. The maximum absolute atomic E-state index is 12.9. The molecule has 0 aliphatic rings. The molecular weight excluding hydrogens is 339 g/mol. The molecule has 0 N–H and O–H groups in total. The minimum atomic E-state index is -3.71. The van der Waals surface area contributed by atoms with Gasteiger partial charge in [-0.3, -0.25) is 0 Å². The summed E-state index contributed by atoms with van der Waals surface area (Å²) in [6.07, 6.45) is 1.44. The third-order valence-electron chi connectivity index (χ3n) is 3.19. The molecule has 0 spiro atoms. The highest BCUT2D eigenvalue weighted by molar-refractivity contribution is 7.89. The van der Waals surface area contributed by atoms with Crippen molar-refractivity contribution >= 4 is 21.4 Å². The predicted octanol–water partition coefficient (Wildman–Crippen LogP) is 3.36. The van der Waals surface area contributed by atoms with E-state index in [1.807, 2.05) is 17.5 Å². The summed E-state index contributed by atoms with van der Waals surface area (Å²) < 4.78 is 44.3. The van der Waals surface area contributed by atoms with Crippen LogP contribution in [0.2, 0.25) is 0 Å². The van der Waals surface area contributed by atoms with Crippen LogP contribution in [0.4, 0.5) is 4.39 Å². The molecule has 0 saturated carbocycles. The van der Waals surface area contributed by atoms with Gasteiger partial charge in [0.25, 0.3) is 0 Å². The van der Waals surface area contributed by atoms with Crippen molar-refractivity contribution in [2.75, 3.05) is 7.05 Å². The lowest BCUT2D eigenvalue weighted by atomic mass is 10.4. The quantitative estimate of drug-likeness (QED) is 0.706. The fraction of sp³-hybridized carbons (Fsp3) is 0.133. The third kappa shape index (κ3) is 3.34. The number of thiophene rings is 1. The molecule has 120 valence electrons. The van der Waals surface area contributed by atoms with Gasteiger partial charge >= 0.3 is 0 Å². The van der Waals surface area contributed by atoms with Gasteiger partial charge in [0, 0.05) is 7.05 Å². The molecule has 3 aromatic rings. The van der Waals surface area contributed by atoms with Gasteiger partial charge in [0.15, 0.2) is 0 Å². The summed E-state index contributed by atoms with van der Waals surface area (Å²) >= 11 is 1.49. The number of aromatic nitrogens is 1. The number of hydrogen-bond donors (Lipinski definition) is 0. The molecular formula is C15H13FN2O3S2. The van der Waals surface area contributed by atoms with Crippen LogP contribution in [0.1, 0.15) is 5.69 Å². The number of halogens is 1. The molecule has 0 atom stereocenters. The average Bonchev–Trinajstić information content (AvgIpc) is 3.18. The van der Waals surface area contributed by atoms with Gasteiger partial charge in [0.2, 0.25) is 15.9 Å². The van der Waals surface area contributed by atoms with E-state index in [0.29, 0.717) is 11.6 Å². The molecule has 0 fully saturated rings. The second kappa shape index (κ2) is 6.23. The Kier molecular flexibility index (Phi) is 4.29. The zero-order chi connectivity index (χ0) is 16.4. The summed E-state index contributed by atoms with van der Waals surface area (Å²) in [5, 5.41) is 1.91. The Bertz CT molecular complexity index is 887. The Morgan fingerprint density at radius 3 is 2.65 bits per heavy atom. The number of sulfonamides is 1. The fourth-order valence-corrected chi connectivity index (χ4v) is 3.79. The standard InChI is InChI=1S/C15H13FN2O3S2/c1-18(23(19,20)13-6-4-11(16)5-7-13)9-12-10-21-15(17-12)14-3-2-8-22-14/h2-8,10H,9H2,1H3. The number of oxazole rings is 1. The average molecular weight is 352 g/mol. The first-order valence-corrected chi connectivity index (χ1v) is 8.99. The SMILES string of the molecule is CN(Cc1coc(-c2cccs2)n1)S(=O)(=O)c1ccc(F)cc1. The second-order valence-corrected chi connectivity index (χ2v) is 7.83. The van der Waals surface area contributed by atoms with E-state index in [1.165, 1.54) is 36.8 Å². The van der Waals surface area contributed by atoms with Crippen molar-refractivity contribution in [2.45, 2.75) is 11.4 Å². The largest absolute Gasteiger partial charge is 0.444 e. The number of nitrogens with zero attached hydrogens (tertiary/aromatic N) is 2. The maximum atomic E-state index is 12.9. The van der Waals surface area contributed by atoms with Crippen molar-refractivity contribution in [3.8, 4) is 10.8 Å². The van der Waals surface area contributed by atoms with Crippen LogP contribution < -0.4 is 0 Å². The summed E-state index contributed by atoms with van der Waals surface area (Å²) in [5.74, 6) is -0.0220. The highest BCUT2D eigenvalue weighted by Gasteiger charge is 2.22. The molecule has 0 aliphatic carbocycles. The van der Waals surface area contributed by atoms with Crippen LogP contribution in [0.5, 0.6) is 0 Å². The van der Waals surface area contributed by atoms with Crippen LogP contribution in [0.25, 0.3) is 10.8 Å². The van der Waals surface area contributed by atoms with Gasteiger partial charge < -0.3 is 4.42 Å². The maximum Gasteiger partial charge on any atom is 0.243 e. The van der Waals surface area contributed by atoms with Gasteiger partial charge in [0.1, 0.15) is 12.1 Å². The van der Waals surface area contributed by atoms with E-state index < -0.39 is 15.8 Å². The van der Waals surface area contributed by atoms with E-state index in [4.69, 9.17) is 4.42 Å². The molecule has 0 aliphatic heterocycles. The van der Waals surface area contributed by atoms with Crippen LogP contribution in [0.15, 0.2) is 57.4 Å². The van der Waals surface area contributed by atoms with Crippen molar-refractivity contribution in [1.82, 2.24) is 9.29 Å². The summed E-state index contributed by atoms with van der Waals surface area (Å²) in [5.41, 5.74) is 0.501. The second-order valence-electron chi connectivity index (χ2n) is 4.84. The first-order valence-electron chi connectivity index (χ1n) is 6.67. The minimum absolute atomic E-state index is 0.0309. The van der Waals surface area contributed by atoms with E-state index in [2.05, 4.69) is 4.98 Å². The van der Waals surface area contributed by atoms with Crippen LogP contribution in [-0.4, -0.2) is 24.8 Å². The molecule has 0 radical (unpaired) electrons. The van der Waals surface area contributed by atoms with E-state index in [1.54, 1.807) is 0 Å². The van der Waals surface area contributed by atoms with Crippen LogP contribution in [0, 0.1) is 5.82 Å². The molecule has 2 heterocycles. The molecule has 5 nitrogen and oxygen atoms in total. The first-order chi connectivity index (χ1) is 11.0. The monoisotopic (exact) mass is 352 g/mol. The van der Waals surface area contributed by atoms with Gasteiger partial charge in [-0.05, 0) is 35.7 Å². The highest BCUT2D eigenvalue weighted by atomic mass is 32.2. The minimum Gasteiger partial charge on any atom is -0.444 e. The van der Waals surface area contributed by atoms with Gasteiger partial charge in [0.05, 0.1) is 22.0 Å². The third-order valence-corrected chi connectivity index (χ3v) is 5.87. The van der Waals surface area contributed by atoms with Gasteiger partial charge in [-0.1, -0.05) is 6.07 Å². The van der Waals surface area contributed by atoms with Crippen molar-refractivity contribution in [2.24, 2.45) is 0 Å². The zero-order valence-electron chi connectivity index (χ0n) is 12.1. The first kappa shape index (κ1) is 15.9. The van der Waals surface area contributed by atoms with Crippen LogP contribution in [0.3, 0.4) is 0 Å². The van der Waals surface area contributed by atoms with Gasteiger partial charge in [-0.15, -0.1) is 11.3 Å². The number of rotatable bonds is 5. The van der Waals surface area contributed by atoms with E-state index >= 15 is 0 Å². The molecule has 8 heteroatoms. The lowest BCUT2D eigenvalue weighted by Gasteiger charge is -2.15. The van der Waals surface area contributed by atoms with Gasteiger partial charge in [-0.25, -0.2) is 17.8 Å². The fourth-order valence-electron chi connectivity index (χ4n) is 1.99. The van der Waals surface area contributed by atoms with E-state index in [9.17, 15) is 12.8 Å². The Hall–Kier alpha value is -2.03. The topological polar surface area (TPSA) is 63.4 Å². The Balaban J connectivity index is 1.78. The molecule has 23 heavy (non-hydrogen) atoms. The molecule has 2 aromatic heterocycles. The molecule has 1 aromatic carbocycles. The Morgan fingerprint density at radius 2 is 2.00 bits per heavy atom. The van der Waals surface area contributed by atoms with Crippen molar-refractivity contribution < 1.29 is 17.2 Å². The molecule has 0 bridgehead atoms. The van der Waals surface area contributed by atoms with Crippen molar-refractivity contribution in [3.05, 3.63) is 59.6 Å². The number of hydrogen-bond acceptors (Lipinski definition) is 5. The molecule has 0 amide bonds. The Morgan fingerprint density at radius 1 is 1.26 bits per heavy atom. The summed E-state index contributed by atoms with van der Waals surface area (Å²) in [7, 11) is -2.27. The smallest absolute Gasteiger partial charge is 0.243 e. The molecule has 3 rings (SSSR count).